The van der Waals surface area contributed by atoms with Crippen molar-refractivity contribution in [3.8, 4) is 0 Å². The lowest BCUT2D eigenvalue weighted by atomic mass is 10.1. The van der Waals surface area contributed by atoms with E-state index in [1.165, 1.54) is 12.3 Å². The number of aromatic nitrogens is 1. The van der Waals surface area contributed by atoms with Crippen LogP contribution in [-0.4, -0.2) is 10.9 Å². The Labute approximate surface area is 119 Å². The number of hydrogen-bond donors (Lipinski definition) is 1. The lowest BCUT2D eigenvalue weighted by Gasteiger charge is -2.12. The minimum Gasteiger partial charge on any atom is -0.321 e. The van der Waals surface area contributed by atoms with Gasteiger partial charge in [-0.3, -0.25) is 9.78 Å². The highest BCUT2D eigenvalue weighted by Crippen LogP contribution is 2.25. The quantitative estimate of drug-likeness (QED) is 0.912. The number of pyridine rings is 1. The van der Waals surface area contributed by atoms with Crippen molar-refractivity contribution in [2.75, 3.05) is 5.32 Å². The lowest BCUT2D eigenvalue weighted by molar-refractivity contribution is 0.102. The third kappa shape index (κ3) is 2.98. The molecule has 0 aliphatic heterocycles. The Morgan fingerprint density at radius 1 is 1.32 bits per heavy atom. The van der Waals surface area contributed by atoms with Gasteiger partial charge in [-0.15, -0.1) is 0 Å². The number of benzene rings is 1. The molecule has 1 N–H and O–H groups in total. The van der Waals surface area contributed by atoms with Crippen molar-refractivity contribution in [3.05, 3.63) is 57.6 Å². The van der Waals surface area contributed by atoms with Gasteiger partial charge in [0.05, 0.1) is 11.8 Å². The van der Waals surface area contributed by atoms with Crippen molar-refractivity contribution in [1.29, 1.82) is 0 Å². The highest BCUT2D eigenvalue weighted by molar-refractivity contribution is 9.10. The summed E-state index contributed by atoms with van der Waals surface area (Å²) in [5, 5.41) is 2.74. The van der Waals surface area contributed by atoms with Crippen LogP contribution in [0.4, 0.5) is 10.1 Å². The van der Waals surface area contributed by atoms with E-state index in [4.69, 9.17) is 0 Å². The third-order valence-electron chi connectivity index (χ3n) is 2.75. The van der Waals surface area contributed by atoms with Gasteiger partial charge in [-0.05, 0) is 43.2 Å². The number of aryl methyl sites for hydroxylation is 2. The summed E-state index contributed by atoms with van der Waals surface area (Å²) in [5.41, 5.74) is 2.51. The second-order valence-electron chi connectivity index (χ2n) is 4.22. The summed E-state index contributed by atoms with van der Waals surface area (Å²) < 4.78 is 14.4. The van der Waals surface area contributed by atoms with E-state index in [0.29, 0.717) is 5.69 Å². The summed E-state index contributed by atoms with van der Waals surface area (Å²) in [6.45, 7) is 3.77. The van der Waals surface area contributed by atoms with E-state index >= 15 is 0 Å². The first-order chi connectivity index (χ1) is 8.99. The highest BCUT2D eigenvalue weighted by atomic mass is 79.9. The molecule has 5 heteroatoms. The molecular formula is C14H12BrFN2O. The predicted octanol–water partition coefficient (Wildman–Crippen LogP) is 3.85. The molecule has 0 unspecified atom stereocenters. The molecule has 1 aromatic carbocycles. The maximum absolute atomic E-state index is 13.5. The van der Waals surface area contributed by atoms with Gasteiger partial charge < -0.3 is 5.32 Å². The van der Waals surface area contributed by atoms with Gasteiger partial charge in [-0.2, -0.15) is 0 Å². The molecule has 19 heavy (non-hydrogen) atoms. The van der Waals surface area contributed by atoms with Crippen LogP contribution in [0.3, 0.4) is 0 Å². The molecule has 0 aliphatic carbocycles. The number of amides is 1. The van der Waals surface area contributed by atoms with Crippen LogP contribution in [0.1, 0.15) is 21.5 Å². The van der Waals surface area contributed by atoms with Gasteiger partial charge in [0, 0.05) is 16.4 Å². The number of anilines is 1. The van der Waals surface area contributed by atoms with Gasteiger partial charge in [0.1, 0.15) is 0 Å². The average Bonchev–Trinajstić information content (AvgIpc) is 2.34. The summed E-state index contributed by atoms with van der Waals surface area (Å²) in [4.78, 5) is 15.7. The monoisotopic (exact) mass is 322 g/mol. The van der Waals surface area contributed by atoms with Crippen LogP contribution in [0.25, 0.3) is 0 Å². The predicted molar refractivity (Wildman–Crippen MR) is 75.8 cm³/mol. The molecule has 0 atom stereocenters. The van der Waals surface area contributed by atoms with Crippen LogP contribution >= 0.6 is 15.9 Å². The topological polar surface area (TPSA) is 42.0 Å². The minimum absolute atomic E-state index is 0.0169. The Morgan fingerprint density at radius 3 is 2.53 bits per heavy atom. The van der Waals surface area contributed by atoms with Crippen LogP contribution in [0.5, 0.6) is 0 Å². The molecular weight excluding hydrogens is 311 g/mol. The fraction of sp³-hybridized carbons (Fsp3) is 0.143. The van der Waals surface area contributed by atoms with E-state index in [9.17, 15) is 9.18 Å². The smallest absolute Gasteiger partial charge is 0.258 e. The number of hydrogen-bond acceptors (Lipinski definition) is 2. The first kappa shape index (κ1) is 13.7. The standard InChI is InChI=1S/C14H12BrFN2O/c1-8-5-10(15)6-9(2)13(8)18-14(19)11-3-4-17-7-12(11)16/h3-7H,1-2H3,(H,18,19). The van der Waals surface area contributed by atoms with E-state index in [1.54, 1.807) is 0 Å². The Morgan fingerprint density at radius 2 is 1.95 bits per heavy atom. The van der Waals surface area contributed by atoms with E-state index in [0.717, 1.165) is 21.8 Å². The average molecular weight is 323 g/mol. The Bertz CT molecular complexity index is 620. The Hall–Kier alpha value is -1.75. The molecule has 0 saturated carbocycles. The molecule has 0 fully saturated rings. The van der Waals surface area contributed by atoms with Gasteiger partial charge in [0.2, 0.25) is 0 Å². The van der Waals surface area contributed by atoms with E-state index in [1.807, 2.05) is 26.0 Å². The van der Waals surface area contributed by atoms with Crippen molar-refractivity contribution < 1.29 is 9.18 Å². The number of carbonyl (C=O) groups is 1. The Balaban J connectivity index is 2.32. The molecule has 0 spiro atoms. The molecule has 0 radical (unpaired) electrons. The number of nitrogens with one attached hydrogen (secondary N) is 1. The zero-order valence-corrected chi connectivity index (χ0v) is 12.1. The number of halogens is 2. The maximum atomic E-state index is 13.5. The molecule has 2 rings (SSSR count). The normalized spacial score (nSPS) is 10.3. The zero-order chi connectivity index (χ0) is 14.0. The summed E-state index contributed by atoms with van der Waals surface area (Å²) in [7, 11) is 0. The fourth-order valence-electron chi connectivity index (χ4n) is 1.85. The van der Waals surface area contributed by atoms with Crippen molar-refractivity contribution in [3.63, 3.8) is 0 Å². The van der Waals surface area contributed by atoms with Gasteiger partial charge in [-0.1, -0.05) is 15.9 Å². The van der Waals surface area contributed by atoms with Gasteiger partial charge in [0.15, 0.2) is 5.82 Å². The molecule has 2 aromatic rings. The van der Waals surface area contributed by atoms with Crippen LogP contribution in [-0.2, 0) is 0 Å². The van der Waals surface area contributed by atoms with Crippen LogP contribution in [0.15, 0.2) is 35.1 Å². The van der Waals surface area contributed by atoms with E-state index in [-0.39, 0.29) is 5.56 Å². The van der Waals surface area contributed by atoms with Crippen molar-refractivity contribution in [2.24, 2.45) is 0 Å². The minimum atomic E-state index is -0.632. The number of nitrogens with zero attached hydrogens (tertiary/aromatic N) is 1. The molecule has 1 amide bonds. The lowest BCUT2D eigenvalue weighted by Crippen LogP contribution is -2.15. The summed E-state index contributed by atoms with van der Waals surface area (Å²) in [5.74, 6) is -1.11. The van der Waals surface area contributed by atoms with Crippen molar-refractivity contribution >= 4 is 27.5 Å². The van der Waals surface area contributed by atoms with Crippen LogP contribution in [0, 0.1) is 19.7 Å². The molecule has 3 nitrogen and oxygen atoms in total. The first-order valence-electron chi connectivity index (χ1n) is 5.66. The summed E-state index contributed by atoms with van der Waals surface area (Å²) in [6, 6.07) is 5.14. The molecule has 1 aromatic heterocycles. The molecule has 0 bridgehead atoms. The van der Waals surface area contributed by atoms with Gasteiger partial charge in [0.25, 0.3) is 5.91 Å². The largest absolute Gasteiger partial charge is 0.321 e. The van der Waals surface area contributed by atoms with Gasteiger partial charge in [-0.25, -0.2) is 4.39 Å². The SMILES string of the molecule is Cc1cc(Br)cc(C)c1NC(=O)c1ccncc1F. The molecule has 98 valence electrons. The van der Waals surface area contributed by atoms with Crippen LogP contribution < -0.4 is 5.32 Å². The fourth-order valence-corrected chi connectivity index (χ4v) is 2.53. The first-order valence-corrected chi connectivity index (χ1v) is 6.46. The molecule has 0 saturated heterocycles. The number of rotatable bonds is 2. The van der Waals surface area contributed by atoms with Gasteiger partial charge >= 0.3 is 0 Å². The second-order valence-corrected chi connectivity index (χ2v) is 5.14. The summed E-state index contributed by atoms with van der Waals surface area (Å²) in [6.07, 6.45) is 2.41. The highest BCUT2D eigenvalue weighted by Gasteiger charge is 2.14. The summed E-state index contributed by atoms with van der Waals surface area (Å²) >= 11 is 3.39. The number of carbonyl (C=O) groups excluding carboxylic acids is 1. The molecule has 1 heterocycles. The van der Waals surface area contributed by atoms with E-state index in [2.05, 4.69) is 26.2 Å². The van der Waals surface area contributed by atoms with Crippen molar-refractivity contribution in [1.82, 2.24) is 4.98 Å². The second kappa shape index (κ2) is 5.48. The van der Waals surface area contributed by atoms with E-state index < -0.39 is 11.7 Å². The van der Waals surface area contributed by atoms with Crippen molar-refractivity contribution in [2.45, 2.75) is 13.8 Å². The molecule has 0 aliphatic rings. The zero-order valence-electron chi connectivity index (χ0n) is 10.5. The Kier molecular flexibility index (Phi) is 3.95. The maximum Gasteiger partial charge on any atom is 0.258 e. The third-order valence-corrected chi connectivity index (χ3v) is 3.21. The van der Waals surface area contributed by atoms with Crippen LogP contribution in [0.2, 0.25) is 0 Å².